The van der Waals surface area contributed by atoms with Crippen LogP contribution in [0.5, 0.6) is 0 Å². The van der Waals surface area contributed by atoms with Crippen LogP contribution in [-0.4, -0.2) is 20.6 Å². The van der Waals surface area contributed by atoms with Gasteiger partial charge in [-0.05, 0) is 43.0 Å². The average molecular weight is 378 g/mol. The van der Waals surface area contributed by atoms with Crippen molar-refractivity contribution >= 4 is 28.4 Å². The number of carbonyl (C=O) groups is 1. The van der Waals surface area contributed by atoms with Gasteiger partial charge in [0.25, 0.3) is 5.56 Å². The topological polar surface area (TPSA) is 52.0 Å². The summed E-state index contributed by atoms with van der Waals surface area (Å²) in [5, 5.41) is 1.09. The van der Waals surface area contributed by atoms with Crippen molar-refractivity contribution in [2.75, 3.05) is 0 Å². The summed E-state index contributed by atoms with van der Waals surface area (Å²) in [5.41, 5.74) is 2.55. The fourth-order valence-corrected chi connectivity index (χ4v) is 4.86. The van der Waals surface area contributed by atoms with E-state index in [1.807, 2.05) is 48.5 Å². The van der Waals surface area contributed by atoms with Crippen LogP contribution in [0.4, 0.5) is 0 Å². The van der Waals surface area contributed by atoms with Crippen LogP contribution in [0.3, 0.4) is 0 Å². The number of rotatable bonds is 4. The van der Waals surface area contributed by atoms with E-state index in [4.69, 9.17) is 4.98 Å². The van der Waals surface area contributed by atoms with E-state index in [9.17, 15) is 9.59 Å². The predicted octanol–water partition coefficient (Wildman–Crippen LogP) is 4.55. The molecule has 0 bridgehead atoms. The molecule has 4 nitrogen and oxygen atoms in total. The Labute approximate surface area is 162 Å². The number of ketones is 1. The van der Waals surface area contributed by atoms with Crippen molar-refractivity contribution in [3.05, 3.63) is 64.4 Å². The molecule has 27 heavy (non-hydrogen) atoms. The zero-order chi connectivity index (χ0) is 18.8. The minimum atomic E-state index is -0.119. The number of para-hydroxylation sites is 2. The Morgan fingerprint density at radius 3 is 2.67 bits per heavy atom. The third-order valence-corrected chi connectivity index (χ3v) is 6.37. The lowest BCUT2D eigenvalue weighted by Crippen LogP contribution is -2.26. The first-order valence-corrected chi connectivity index (χ1v) is 10.4. The van der Waals surface area contributed by atoms with Crippen LogP contribution >= 0.6 is 11.8 Å². The van der Waals surface area contributed by atoms with Crippen molar-refractivity contribution in [1.29, 1.82) is 0 Å². The lowest BCUT2D eigenvalue weighted by molar-refractivity contribution is -0.119. The normalized spacial score (nSPS) is 17.4. The Kier molecular flexibility index (Phi) is 5.12. The second-order valence-electron chi connectivity index (χ2n) is 6.85. The third kappa shape index (κ3) is 3.44. The number of thioether (sulfide) groups is 1. The second-order valence-corrected chi connectivity index (χ2v) is 8.02. The minimum absolute atomic E-state index is 0.0766. The van der Waals surface area contributed by atoms with Crippen LogP contribution in [0.25, 0.3) is 16.6 Å². The van der Waals surface area contributed by atoms with E-state index in [1.165, 1.54) is 11.8 Å². The third-order valence-electron chi connectivity index (χ3n) is 5.10. The fraction of sp³-hybridized carbons (Fsp3) is 0.318. The van der Waals surface area contributed by atoms with Gasteiger partial charge in [0.05, 0.1) is 21.8 Å². The van der Waals surface area contributed by atoms with E-state index in [-0.39, 0.29) is 16.6 Å². The molecule has 1 fully saturated rings. The molecule has 0 amide bonds. The van der Waals surface area contributed by atoms with Gasteiger partial charge in [0.2, 0.25) is 0 Å². The van der Waals surface area contributed by atoms with E-state index < -0.39 is 0 Å². The summed E-state index contributed by atoms with van der Waals surface area (Å²) in [4.78, 5) is 30.5. The van der Waals surface area contributed by atoms with E-state index in [1.54, 1.807) is 4.57 Å². The van der Waals surface area contributed by atoms with Crippen molar-refractivity contribution in [2.45, 2.75) is 49.4 Å². The van der Waals surface area contributed by atoms with Gasteiger partial charge in [0.1, 0.15) is 5.78 Å². The van der Waals surface area contributed by atoms with Gasteiger partial charge >= 0.3 is 0 Å². The summed E-state index contributed by atoms with van der Waals surface area (Å²) < 4.78 is 1.70. The molecule has 5 heteroatoms. The summed E-state index contributed by atoms with van der Waals surface area (Å²) in [6, 6.07) is 15.4. The molecule has 0 saturated heterocycles. The Morgan fingerprint density at radius 1 is 1.07 bits per heavy atom. The van der Waals surface area contributed by atoms with E-state index in [0.717, 1.165) is 36.9 Å². The number of aromatic nitrogens is 2. The Balaban J connectivity index is 1.93. The zero-order valence-corrected chi connectivity index (χ0v) is 16.2. The largest absolute Gasteiger partial charge is 0.298 e. The van der Waals surface area contributed by atoms with Crippen LogP contribution in [0.1, 0.15) is 38.2 Å². The summed E-state index contributed by atoms with van der Waals surface area (Å²) in [6.07, 6.45) is 4.31. The number of fused-ring (bicyclic) bond motifs is 1. The maximum Gasteiger partial charge on any atom is 0.266 e. The number of Topliss-reactive ketones (excluding diaryl/α,β-unsaturated/α-hetero) is 1. The van der Waals surface area contributed by atoms with Crippen molar-refractivity contribution in [1.82, 2.24) is 9.55 Å². The Morgan fingerprint density at radius 2 is 1.85 bits per heavy atom. The van der Waals surface area contributed by atoms with Gasteiger partial charge in [0, 0.05) is 6.42 Å². The summed E-state index contributed by atoms with van der Waals surface area (Å²) in [5.74, 6) is 0.268. The van der Waals surface area contributed by atoms with Crippen LogP contribution in [0.15, 0.2) is 58.5 Å². The zero-order valence-electron chi connectivity index (χ0n) is 15.4. The predicted molar refractivity (Wildman–Crippen MR) is 110 cm³/mol. The highest BCUT2D eigenvalue weighted by atomic mass is 32.2. The maximum absolute atomic E-state index is 13.4. The highest BCUT2D eigenvalue weighted by molar-refractivity contribution is 8.00. The van der Waals surface area contributed by atoms with Gasteiger partial charge in [-0.3, -0.25) is 14.2 Å². The molecule has 1 aromatic heterocycles. The van der Waals surface area contributed by atoms with Crippen LogP contribution in [0, 0.1) is 0 Å². The first kappa shape index (κ1) is 18.0. The molecule has 1 atom stereocenters. The molecule has 1 heterocycles. The molecule has 2 aromatic carbocycles. The lowest BCUT2D eigenvalue weighted by atomic mass is 9.99. The number of hydrogen-bond acceptors (Lipinski definition) is 4. The Bertz CT molecular complexity index is 1060. The molecule has 0 aliphatic heterocycles. The van der Waals surface area contributed by atoms with Gasteiger partial charge in [-0.2, -0.15) is 0 Å². The molecule has 0 radical (unpaired) electrons. The average Bonchev–Trinajstić information content (AvgIpc) is 2.70. The van der Waals surface area contributed by atoms with E-state index in [2.05, 4.69) is 6.92 Å². The molecule has 138 valence electrons. The lowest BCUT2D eigenvalue weighted by Gasteiger charge is -2.22. The molecule has 0 unspecified atom stereocenters. The second kappa shape index (κ2) is 7.69. The standard InChI is InChI=1S/C22H22N2O2S/c1-2-15-9-3-6-12-18(15)24-21(26)16-10-4-5-11-17(16)23-22(24)27-20-14-8-7-13-19(20)25/h3-6,9-12,20H,2,7-8,13-14H2,1H3/t20-/m0/s1. The number of nitrogens with zero attached hydrogens (tertiary/aromatic N) is 2. The maximum atomic E-state index is 13.4. The van der Waals surface area contributed by atoms with Crippen molar-refractivity contribution in [3.8, 4) is 5.69 Å². The minimum Gasteiger partial charge on any atom is -0.298 e. The molecule has 0 spiro atoms. The molecular weight excluding hydrogens is 356 g/mol. The molecule has 0 N–H and O–H groups in total. The SMILES string of the molecule is CCc1ccccc1-n1c(S[C@H]2CCCCC2=O)nc2ccccc2c1=O. The van der Waals surface area contributed by atoms with Crippen LogP contribution in [0.2, 0.25) is 0 Å². The molecule has 1 aliphatic carbocycles. The summed E-state index contributed by atoms with van der Waals surface area (Å²) in [7, 11) is 0. The van der Waals surface area contributed by atoms with Crippen molar-refractivity contribution in [3.63, 3.8) is 0 Å². The van der Waals surface area contributed by atoms with Crippen molar-refractivity contribution in [2.24, 2.45) is 0 Å². The first-order valence-electron chi connectivity index (χ1n) is 9.48. The quantitative estimate of drug-likeness (QED) is 0.625. The van der Waals surface area contributed by atoms with Crippen LogP contribution in [-0.2, 0) is 11.2 Å². The van der Waals surface area contributed by atoms with Gasteiger partial charge in [-0.25, -0.2) is 4.98 Å². The van der Waals surface area contributed by atoms with E-state index >= 15 is 0 Å². The molecule has 3 aromatic rings. The fourth-order valence-electron chi connectivity index (χ4n) is 3.63. The first-order chi connectivity index (χ1) is 13.2. The molecular formula is C22H22N2O2S. The van der Waals surface area contributed by atoms with E-state index in [0.29, 0.717) is 22.5 Å². The smallest absolute Gasteiger partial charge is 0.266 e. The monoisotopic (exact) mass is 378 g/mol. The highest BCUT2D eigenvalue weighted by Gasteiger charge is 2.26. The highest BCUT2D eigenvalue weighted by Crippen LogP contribution is 2.32. The van der Waals surface area contributed by atoms with Crippen LogP contribution < -0.4 is 5.56 Å². The number of aryl methyl sites for hydroxylation is 1. The van der Waals surface area contributed by atoms with Gasteiger partial charge in [-0.15, -0.1) is 0 Å². The summed E-state index contributed by atoms with van der Waals surface area (Å²) in [6.45, 7) is 2.08. The van der Waals surface area contributed by atoms with Gasteiger partial charge in [-0.1, -0.05) is 55.4 Å². The van der Waals surface area contributed by atoms with Gasteiger partial charge in [0.15, 0.2) is 5.16 Å². The Hall–Kier alpha value is -2.40. The molecule has 4 rings (SSSR count). The number of carbonyl (C=O) groups excluding carboxylic acids is 1. The molecule has 1 aliphatic rings. The number of benzene rings is 2. The van der Waals surface area contributed by atoms with Crippen molar-refractivity contribution < 1.29 is 4.79 Å². The summed E-state index contributed by atoms with van der Waals surface area (Å²) >= 11 is 1.44. The number of hydrogen-bond donors (Lipinski definition) is 0. The molecule has 1 saturated carbocycles. The van der Waals surface area contributed by atoms with Gasteiger partial charge < -0.3 is 0 Å².